The average molecular weight is 477 g/mol. The molecule has 0 aromatic heterocycles. The van der Waals surface area contributed by atoms with E-state index in [4.69, 9.17) is 9.47 Å². The van der Waals surface area contributed by atoms with E-state index in [1.54, 1.807) is 5.56 Å². The standard InChI is InChI=1S/C16H32NO2.C7H7.In.H/c1-5-10-15(18-3)16(19-4)14(6-2)13-17-11-8-7-9-12-17;1-7-5-3-2-4-6-7;;/h14-16H,2,5-13H2,1,3-4H3;2-6H,1H2;;. The first-order valence-electron chi connectivity index (χ1n) is 11.1. The van der Waals surface area contributed by atoms with Gasteiger partial charge in [-0.15, -0.1) is 0 Å². The average Bonchev–Trinajstić information content (AvgIpc) is 2.72. The molecule has 1 heterocycles. The predicted octanol–water partition coefficient (Wildman–Crippen LogP) is 4.36. The number of benzene rings is 1. The zero-order valence-corrected chi connectivity index (χ0v) is 21.9. The molecule has 4 heteroatoms. The van der Waals surface area contributed by atoms with Gasteiger partial charge in [0.2, 0.25) is 0 Å². The molecule has 0 N–H and O–H groups in total. The second kappa shape index (κ2) is 14.0. The number of hydrogen-bond acceptors (Lipinski definition) is 3. The SMILES string of the molecule is CCCC(OC)C(OC)C(C[CH2][InH][CH2]c1ccccc1)CN1CCCCC1. The molecule has 3 nitrogen and oxygen atoms in total. The molecule has 3 atom stereocenters. The Hall–Kier alpha value is -0.0299. The van der Waals surface area contributed by atoms with Crippen LogP contribution in [0.15, 0.2) is 30.3 Å². The molecule has 0 spiro atoms. The molecular weight excluding hydrogens is 437 g/mol. The number of ether oxygens (including phenoxy) is 2. The fraction of sp³-hybridized carbons (Fsp3) is 0.739. The Labute approximate surface area is 178 Å². The third kappa shape index (κ3) is 8.47. The van der Waals surface area contributed by atoms with Gasteiger partial charge in [0.1, 0.15) is 0 Å². The summed E-state index contributed by atoms with van der Waals surface area (Å²) >= 11 is -0.738. The van der Waals surface area contributed by atoms with Crippen LogP contribution in [-0.2, 0) is 13.7 Å². The summed E-state index contributed by atoms with van der Waals surface area (Å²) in [5.74, 6) is 0.608. The van der Waals surface area contributed by atoms with Crippen LogP contribution in [0.4, 0.5) is 0 Å². The van der Waals surface area contributed by atoms with E-state index in [2.05, 4.69) is 42.2 Å². The number of piperidine rings is 1. The van der Waals surface area contributed by atoms with Gasteiger partial charge in [-0.05, 0) is 0 Å². The zero-order valence-electron chi connectivity index (χ0n) is 17.9. The van der Waals surface area contributed by atoms with Crippen LogP contribution >= 0.6 is 0 Å². The maximum atomic E-state index is 6.05. The van der Waals surface area contributed by atoms with Gasteiger partial charge in [0.05, 0.1) is 0 Å². The minimum absolute atomic E-state index is 0.235. The fourth-order valence-corrected chi connectivity index (χ4v) is 9.71. The molecule has 1 aromatic rings. The molecule has 1 aliphatic heterocycles. The molecule has 2 rings (SSSR count). The van der Waals surface area contributed by atoms with Gasteiger partial charge in [0.25, 0.3) is 0 Å². The van der Waals surface area contributed by atoms with E-state index >= 15 is 0 Å². The Bertz CT molecular complexity index is 479. The van der Waals surface area contributed by atoms with Crippen molar-refractivity contribution in [1.29, 1.82) is 0 Å². The van der Waals surface area contributed by atoms with Crippen molar-refractivity contribution in [3.63, 3.8) is 0 Å². The van der Waals surface area contributed by atoms with Gasteiger partial charge in [-0.25, -0.2) is 0 Å². The number of likely N-dealkylation sites (tertiary alicyclic amines) is 1. The molecule has 0 saturated carbocycles. The van der Waals surface area contributed by atoms with Crippen molar-refractivity contribution in [3.8, 4) is 0 Å². The van der Waals surface area contributed by atoms with E-state index in [1.807, 2.05) is 14.2 Å². The van der Waals surface area contributed by atoms with Crippen molar-refractivity contribution in [3.05, 3.63) is 35.9 Å². The van der Waals surface area contributed by atoms with Gasteiger partial charge in [0.15, 0.2) is 0 Å². The van der Waals surface area contributed by atoms with Gasteiger partial charge in [-0.1, -0.05) is 0 Å². The first-order chi connectivity index (χ1) is 13.3. The Morgan fingerprint density at radius 1 is 1.00 bits per heavy atom. The summed E-state index contributed by atoms with van der Waals surface area (Å²) < 4.78 is 14.8. The van der Waals surface area contributed by atoms with Crippen LogP contribution in [0.3, 0.4) is 0 Å². The molecule has 152 valence electrons. The topological polar surface area (TPSA) is 21.7 Å². The van der Waals surface area contributed by atoms with Gasteiger partial charge in [-0.3, -0.25) is 0 Å². The van der Waals surface area contributed by atoms with Crippen molar-refractivity contribution < 1.29 is 9.47 Å². The molecule has 0 aliphatic carbocycles. The van der Waals surface area contributed by atoms with Crippen LogP contribution in [0, 0.1) is 5.92 Å². The van der Waals surface area contributed by atoms with Crippen molar-refractivity contribution in [1.82, 2.24) is 4.90 Å². The summed E-state index contributed by atoms with van der Waals surface area (Å²) in [6.07, 6.45) is 8.17. The van der Waals surface area contributed by atoms with Gasteiger partial charge in [0, 0.05) is 0 Å². The number of hydrogen-bond donors (Lipinski definition) is 0. The van der Waals surface area contributed by atoms with Gasteiger partial charge >= 0.3 is 179 Å². The monoisotopic (exact) mass is 477 g/mol. The Kier molecular flexibility index (Phi) is 12.1. The van der Waals surface area contributed by atoms with Crippen molar-refractivity contribution in [2.75, 3.05) is 33.9 Å². The second-order valence-corrected chi connectivity index (χ2v) is 13.6. The van der Waals surface area contributed by atoms with Crippen LogP contribution in [-0.4, -0.2) is 73.9 Å². The summed E-state index contributed by atoms with van der Waals surface area (Å²) in [7, 11) is 3.75. The summed E-state index contributed by atoms with van der Waals surface area (Å²) in [4.78, 5) is 2.69. The van der Waals surface area contributed by atoms with Crippen molar-refractivity contribution >= 4 is 22.9 Å². The molecule has 0 bridgehead atoms. The zero-order chi connectivity index (χ0) is 19.3. The molecule has 1 aromatic carbocycles. The summed E-state index contributed by atoms with van der Waals surface area (Å²) in [6.45, 7) is 5.98. The van der Waals surface area contributed by atoms with Crippen LogP contribution < -0.4 is 0 Å². The molecule has 1 fully saturated rings. The summed E-state index contributed by atoms with van der Waals surface area (Å²) in [5, 5.41) is 0. The number of methoxy groups -OCH3 is 2. The predicted molar refractivity (Wildman–Crippen MR) is 117 cm³/mol. The van der Waals surface area contributed by atoms with Crippen LogP contribution in [0.25, 0.3) is 0 Å². The van der Waals surface area contributed by atoms with E-state index in [-0.39, 0.29) is 12.2 Å². The number of nitrogens with zero attached hydrogens (tertiary/aromatic N) is 1. The van der Waals surface area contributed by atoms with E-state index in [0.717, 1.165) is 12.8 Å². The van der Waals surface area contributed by atoms with Gasteiger partial charge < -0.3 is 0 Å². The van der Waals surface area contributed by atoms with E-state index in [1.165, 1.54) is 53.7 Å². The Balaban J connectivity index is 1.92. The first-order valence-corrected chi connectivity index (χ1v) is 16.8. The van der Waals surface area contributed by atoms with E-state index < -0.39 is 22.9 Å². The van der Waals surface area contributed by atoms with Crippen LogP contribution in [0.1, 0.15) is 51.0 Å². The fourth-order valence-electron chi connectivity index (χ4n) is 4.56. The van der Waals surface area contributed by atoms with Crippen LogP contribution in [0.2, 0.25) is 4.18 Å². The normalized spacial score (nSPS) is 18.8. The second-order valence-electron chi connectivity index (χ2n) is 8.12. The van der Waals surface area contributed by atoms with Gasteiger partial charge in [-0.2, -0.15) is 0 Å². The quantitative estimate of drug-likeness (QED) is 0.394. The Morgan fingerprint density at radius 3 is 2.37 bits per heavy atom. The van der Waals surface area contributed by atoms with E-state index in [0.29, 0.717) is 5.92 Å². The molecule has 0 radical (unpaired) electrons. The molecule has 27 heavy (non-hydrogen) atoms. The number of rotatable bonds is 13. The van der Waals surface area contributed by atoms with Crippen molar-refractivity contribution in [2.45, 2.75) is 66.0 Å². The summed E-state index contributed by atoms with van der Waals surface area (Å²) in [5.41, 5.74) is 1.55. The third-order valence-electron chi connectivity index (χ3n) is 6.05. The third-order valence-corrected chi connectivity index (χ3v) is 11.3. The first kappa shape index (κ1) is 23.3. The van der Waals surface area contributed by atoms with E-state index in [9.17, 15) is 0 Å². The molecule has 0 amide bonds. The molecule has 3 unspecified atom stereocenters. The molecular formula is C23H40InNO2. The minimum atomic E-state index is -0.738. The van der Waals surface area contributed by atoms with Crippen LogP contribution in [0.5, 0.6) is 0 Å². The Morgan fingerprint density at radius 2 is 1.74 bits per heavy atom. The van der Waals surface area contributed by atoms with Crippen molar-refractivity contribution in [2.24, 2.45) is 5.92 Å². The maximum absolute atomic E-state index is 6.05. The summed E-state index contributed by atoms with van der Waals surface area (Å²) in [6, 6.07) is 11.1. The molecule has 1 saturated heterocycles. The molecule has 1 aliphatic rings.